The lowest BCUT2D eigenvalue weighted by Crippen LogP contribution is -2.31. The van der Waals surface area contributed by atoms with E-state index in [0.29, 0.717) is 10.8 Å². The summed E-state index contributed by atoms with van der Waals surface area (Å²) in [5.74, 6) is 0. The molecule has 2 heteroatoms. The fourth-order valence-electron chi connectivity index (χ4n) is 1.62. The molecular formula is C10H8O2. The minimum absolute atomic E-state index is 0.331. The number of fused-ring (bicyclic) bond motifs is 1. The summed E-state index contributed by atoms with van der Waals surface area (Å²) in [5, 5.41) is 1.21. The van der Waals surface area contributed by atoms with Gasteiger partial charge in [-0.3, -0.25) is 9.59 Å². The van der Waals surface area contributed by atoms with Crippen molar-refractivity contribution in [3.8, 4) is 0 Å². The first kappa shape index (κ1) is 7.22. The summed E-state index contributed by atoms with van der Waals surface area (Å²) in [6.07, 6.45) is 0. The van der Waals surface area contributed by atoms with Gasteiger partial charge in [-0.05, 0) is 25.5 Å². The molecule has 0 aliphatic carbocycles. The van der Waals surface area contributed by atoms with Crippen LogP contribution in [0.25, 0.3) is 10.8 Å². The van der Waals surface area contributed by atoms with Crippen LogP contribution >= 0.6 is 0 Å². The highest BCUT2D eigenvalue weighted by atomic mass is 16.2. The van der Waals surface area contributed by atoms with E-state index in [2.05, 4.69) is 0 Å². The van der Waals surface area contributed by atoms with Gasteiger partial charge < -0.3 is 0 Å². The van der Waals surface area contributed by atoms with E-state index in [1.165, 1.54) is 0 Å². The molecule has 0 aromatic heterocycles. The summed E-state index contributed by atoms with van der Waals surface area (Å²) >= 11 is 0. The van der Waals surface area contributed by atoms with E-state index in [-0.39, 0.29) is 10.9 Å². The zero-order valence-electron chi connectivity index (χ0n) is 6.97. The van der Waals surface area contributed by atoms with Crippen molar-refractivity contribution in [1.82, 2.24) is 0 Å². The van der Waals surface area contributed by atoms with Crippen molar-refractivity contribution in [1.29, 1.82) is 0 Å². The minimum atomic E-state index is -0.336. The molecule has 0 radical (unpaired) electrons. The number of rotatable bonds is 0. The summed E-state index contributed by atoms with van der Waals surface area (Å²) in [5.41, 5.74) is 1.28. The van der Waals surface area contributed by atoms with Crippen LogP contribution in [0.15, 0.2) is 21.7 Å². The Morgan fingerprint density at radius 2 is 1.67 bits per heavy atom. The van der Waals surface area contributed by atoms with Gasteiger partial charge in [0.05, 0.1) is 0 Å². The van der Waals surface area contributed by atoms with Gasteiger partial charge in [-0.1, -0.05) is 11.6 Å². The largest absolute Gasteiger partial charge is 0.285 e. The molecule has 0 unspecified atom stereocenters. The molecule has 12 heavy (non-hydrogen) atoms. The van der Waals surface area contributed by atoms with Crippen molar-refractivity contribution in [3.63, 3.8) is 0 Å². The summed E-state index contributed by atoms with van der Waals surface area (Å²) in [7, 11) is 0. The lowest BCUT2D eigenvalue weighted by atomic mass is 9.98. The molecule has 0 fully saturated rings. The van der Waals surface area contributed by atoms with Crippen LogP contribution in [-0.4, -0.2) is 0 Å². The topological polar surface area (TPSA) is 34.1 Å². The van der Waals surface area contributed by atoms with Crippen molar-refractivity contribution >= 4 is 10.8 Å². The van der Waals surface area contributed by atoms with Crippen molar-refractivity contribution in [2.75, 3.05) is 0 Å². The van der Waals surface area contributed by atoms with Gasteiger partial charge in [0.15, 0.2) is 0 Å². The van der Waals surface area contributed by atoms with Gasteiger partial charge in [-0.25, -0.2) is 0 Å². The smallest absolute Gasteiger partial charge is 0.234 e. The Bertz CT molecular complexity index is 528. The van der Waals surface area contributed by atoms with Crippen molar-refractivity contribution < 1.29 is 0 Å². The Labute approximate surface area is 69.1 Å². The molecule has 0 atom stereocenters. The molecule has 2 nitrogen and oxygen atoms in total. The molecule has 0 spiro atoms. The average Bonchev–Trinajstić information content (AvgIpc) is 2.02. The molecule has 0 heterocycles. The maximum absolute atomic E-state index is 11.0. The van der Waals surface area contributed by atoms with Crippen LogP contribution in [-0.2, 0) is 0 Å². The molecule has 0 saturated carbocycles. The molecule has 2 rings (SSSR count). The predicted octanol–water partition coefficient (Wildman–Crippen LogP) is 1.05. The first-order valence-corrected chi connectivity index (χ1v) is 3.81. The van der Waals surface area contributed by atoms with Crippen molar-refractivity contribution in [2.24, 2.45) is 0 Å². The van der Waals surface area contributed by atoms with Crippen molar-refractivity contribution in [2.45, 2.75) is 13.8 Å². The Hall–Kier alpha value is -1.44. The van der Waals surface area contributed by atoms with Crippen LogP contribution in [0.5, 0.6) is 0 Å². The van der Waals surface area contributed by atoms with Gasteiger partial charge in [0, 0.05) is 10.8 Å². The van der Waals surface area contributed by atoms with Crippen LogP contribution < -0.4 is 10.9 Å². The Kier molecular flexibility index (Phi) is 1.22. The van der Waals surface area contributed by atoms with Gasteiger partial charge in [0.25, 0.3) is 0 Å². The van der Waals surface area contributed by atoms with E-state index in [4.69, 9.17) is 0 Å². The molecule has 0 aliphatic rings. The van der Waals surface area contributed by atoms with Crippen LogP contribution in [0.2, 0.25) is 0 Å². The Morgan fingerprint density at radius 3 is 2.33 bits per heavy atom. The molecule has 0 bridgehead atoms. The lowest BCUT2D eigenvalue weighted by Gasteiger charge is -2.03. The third-order valence-electron chi connectivity index (χ3n) is 2.16. The standard InChI is InChI=1S/C10H8O2/c1-5-3-6(2)8-7(4-5)9(11)10(8)12/h3-4H,1-2H3. The molecule has 60 valence electrons. The summed E-state index contributed by atoms with van der Waals surface area (Å²) < 4.78 is 0. The normalized spacial score (nSPS) is 11.2. The lowest BCUT2D eigenvalue weighted by molar-refractivity contribution is 1.38. The van der Waals surface area contributed by atoms with Gasteiger partial charge in [-0.2, -0.15) is 0 Å². The molecule has 0 saturated heterocycles. The highest BCUT2D eigenvalue weighted by Gasteiger charge is 2.13. The maximum Gasteiger partial charge on any atom is 0.234 e. The first-order chi connectivity index (χ1) is 5.61. The van der Waals surface area contributed by atoms with E-state index >= 15 is 0 Å². The zero-order valence-corrected chi connectivity index (χ0v) is 6.97. The Balaban J connectivity index is 3.03. The van der Waals surface area contributed by atoms with Gasteiger partial charge in [0.1, 0.15) is 0 Å². The second kappa shape index (κ2) is 2.03. The molecule has 0 N–H and O–H groups in total. The van der Waals surface area contributed by atoms with E-state index < -0.39 is 0 Å². The fourth-order valence-corrected chi connectivity index (χ4v) is 1.62. The predicted molar refractivity (Wildman–Crippen MR) is 48.3 cm³/mol. The van der Waals surface area contributed by atoms with E-state index in [0.717, 1.165) is 11.1 Å². The van der Waals surface area contributed by atoms with Gasteiger partial charge in [-0.15, -0.1) is 0 Å². The average molecular weight is 160 g/mol. The highest BCUT2D eigenvalue weighted by Crippen LogP contribution is 2.14. The van der Waals surface area contributed by atoms with Gasteiger partial charge in [0.2, 0.25) is 10.9 Å². The highest BCUT2D eigenvalue weighted by molar-refractivity contribution is 5.90. The van der Waals surface area contributed by atoms with Crippen LogP contribution in [0.4, 0.5) is 0 Å². The van der Waals surface area contributed by atoms with Crippen LogP contribution in [0.1, 0.15) is 11.1 Å². The third kappa shape index (κ3) is 0.694. The minimum Gasteiger partial charge on any atom is -0.285 e. The van der Waals surface area contributed by atoms with Crippen LogP contribution in [0.3, 0.4) is 0 Å². The maximum atomic E-state index is 11.0. The summed E-state index contributed by atoms with van der Waals surface area (Å²) in [4.78, 5) is 22.0. The second-order valence-electron chi connectivity index (χ2n) is 3.16. The number of hydrogen-bond donors (Lipinski definition) is 0. The number of aryl methyl sites for hydroxylation is 2. The molecule has 2 aromatic rings. The SMILES string of the molecule is Cc1cc(C)c2c(=O)c(=O)c2c1. The summed E-state index contributed by atoms with van der Waals surface area (Å²) in [6, 6.07) is 3.69. The van der Waals surface area contributed by atoms with E-state index in [1.807, 2.05) is 19.9 Å². The third-order valence-corrected chi connectivity index (χ3v) is 2.16. The van der Waals surface area contributed by atoms with Gasteiger partial charge >= 0.3 is 0 Å². The summed E-state index contributed by atoms with van der Waals surface area (Å²) in [6.45, 7) is 3.78. The molecule has 0 amide bonds. The molecule has 2 aromatic carbocycles. The monoisotopic (exact) mass is 160 g/mol. The first-order valence-electron chi connectivity index (χ1n) is 3.81. The quantitative estimate of drug-likeness (QED) is 0.540. The number of hydrogen-bond acceptors (Lipinski definition) is 2. The Morgan fingerprint density at radius 1 is 1.00 bits per heavy atom. The number of benzene rings is 1. The molecule has 0 aliphatic heterocycles. The van der Waals surface area contributed by atoms with E-state index in [1.54, 1.807) is 6.07 Å². The van der Waals surface area contributed by atoms with E-state index in [9.17, 15) is 9.59 Å². The van der Waals surface area contributed by atoms with Crippen LogP contribution in [0, 0.1) is 13.8 Å². The second-order valence-corrected chi connectivity index (χ2v) is 3.16. The van der Waals surface area contributed by atoms with Crippen molar-refractivity contribution in [3.05, 3.63) is 43.7 Å². The molecular weight excluding hydrogens is 152 g/mol. The zero-order chi connectivity index (χ0) is 8.88. The fraction of sp³-hybridized carbons (Fsp3) is 0.200.